The van der Waals surface area contributed by atoms with Crippen molar-refractivity contribution in [3.05, 3.63) is 47.8 Å². The van der Waals surface area contributed by atoms with Crippen LogP contribution in [-0.4, -0.2) is 9.97 Å². The number of nitrogens with one attached hydrogen (secondary N) is 1. The van der Waals surface area contributed by atoms with Crippen LogP contribution >= 0.6 is 0 Å². The fraction of sp³-hybridized carbons (Fsp3) is 0.250. The van der Waals surface area contributed by atoms with Crippen molar-refractivity contribution in [1.29, 1.82) is 0 Å². The number of ether oxygens (including phenoxy) is 1. The van der Waals surface area contributed by atoms with Crippen LogP contribution in [0, 0.1) is 0 Å². The summed E-state index contributed by atoms with van der Waals surface area (Å²) in [7, 11) is 0. The number of hydrogen-bond donors (Lipinski definition) is 2. The van der Waals surface area contributed by atoms with Gasteiger partial charge in [0.2, 0.25) is 5.88 Å². The van der Waals surface area contributed by atoms with Gasteiger partial charge in [-0.05, 0) is 19.4 Å². The van der Waals surface area contributed by atoms with Gasteiger partial charge in [-0.1, -0.05) is 37.3 Å². The lowest BCUT2D eigenvalue weighted by Crippen LogP contribution is -2.11. The monoisotopic (exact) mass is 284 g/mol. The molecular formula is C16H20N4O. The lowest BCUT2D eigenvalue weighted by Gasteiger charge is -2.10. The van der Waals surface area contributed by atoms with Crippen LogP contribution < -0.4 is 16.0 Å². The maximum Gasteiger partial charge on any atom is 0.224 e. The zero-order valence-corrected chi connectivity index (χ0v) is 12.3. The fourth-order valence-electron chi connectivity index (χ4n) is 1.94. The van der Waals surface area contributed by atoms with E-state index in [1.54, 1.807) is 6.07 Å². The van der Waals surface area contributed by atoms with Gasteiger partial charge in [0.15, 0.2) is 0 Å². The number of aryl methyl sites for hydroxylation is 1. The van der Waals surface area contributed by atoms with Gasteiger partial charge in [-0.15, -0.1) is 0 Å². The second kappa shape index (κ2) is 7.40. The summed E-state index contributed by atoms with van der Waals surface area (Å²) in [6, 6.07) is 9.49. The standard InChI is InChI=1S/C16H20N4O/c1-3-7-12-9-5-6-10-13(12)21-16-11-15(20-17)18-14(19-16)8-4-2/h3,5-7,9-11H,4,8,17H2,1-2H3,(H,18,19,20)/b7-3+. The largest absolute Gasteiger partial charge is 0.438 e. The van der Waals surface area contributed by atoms with E-state index >= 15 is 0 Å². The summed E-state index contributed by atoms with van der Waals surface area (Å²) >= 11 is 0. The molecule has 0 bridgehead atoms. The minimum Gasteiger partial charge on any atom is -0.438 e. The Bertz CT molecular complexity index is 625. The summed E-state index contributed by atoms with van der Waals surface area (Å²) in [6.45, 7) is 4.05. The Morgan fingerprint density at radius 2 is 2.10 bits per heavy atom. The fourth-order valence-corrected chi connectivity index (χ4v) is 1.94. The molecule has 0 aliphatic carbocycles. The number of rotatable bonds is 6. The highest BCUT2D eigenvalue weighted by molar-refractivity contribution is 5.57. The van der Waals surface area contributed by atoms with E-state index in [-0.39, 0.29) is 0 Å². The van der Waals surface area contributed by atoms with E-state index < -0.39 is 0 Å². The van der Waals surface area contributed by atoms with Crippen LogP contribution in [-0.2, 0) is 6.42 Å². The van der Waals surface area contributed by atoms with Gasteiger partial charge in [-0.25, -0.2) is 10.8 Å². The quantitative estimate of drug-likeness (QED) is 0.627. The number of allylic oxidation sites excluding steroid dienone is 1. The van der Waals surface area contributed by atoms with Crippen LogP contribution in [0.25, 0.3) is 6.08 Å². The zero-order valence-electron chi connectivity index (χ0n) is 12.3. The Kier molecular flexibility index (Phi) is 5.29. The van der Waals surface area contributed by atoms with Gasteiger partial charge < -0.3 is 10.2 Å². The Morgan fingerprint density at radius 3 is 2.81 bits per heavy atom. The minimum atomic E-state index is 0.485. The first-order valence-electron chi connectivity index (χ1n) is 7.01. The second-order valence-corrected chi connectivity index (χ2v) is 4.54. The molecule has 1 heterocycles. The molecule has 0 radical (unpaired) electrons. The highest BCUT2D eigenvalue weighted by atomic mass is 16.5. The number of nitrogens with zero attached hydrogens (tertiary/aromatic N) is 2. The highest BCUT2D eigenvalue weighted by Gasteiger charge is 2.07. The summed E-state index contributed by atoms with van der Waals surface area (Å²) in [5, 5.41) is 0. The van der Waals surface area contributed by atoms with Crippen molar-refractivity contribution in [2.75, 3.05) is 5.43 Å². The van der Waals surface area contributed by atoms with Gasteiger partial charge >= 0.3 is 0 Å². The predicted octanol–water partition coefficient (Wildman–Crippen LogP) is 3.54. The molecule has 0 spiro atoms. The Morgan fingerprint density at radius 1 is 1.29 bits per heavy atom. The van der Waals surface area contributed by atoms with E-state index in [2.05, 4.69) is 22.3 Å². The average molecular weight is 284 g/mol. The van der Waals surface area contributed by atoms with Gasteiger partial charge in [0.05, 0.1) is 0 Å². The van der Waals surface area contributed by atoms with Crippen molar-refractivity contribution in [1.82, 2.24) is 9.97 Å². The second-order valence-electron chi connectivity index (χ2n) is 4.54. The Balaban J connectivity index is 2.32. The van der Waals surface area contributed by atoms with Crippen molar-refractivity contribution in [3.63, 3.8) is 0 Å². The molecule has 0 fully saturated rings. The lowest BCUT2D eigenvalue weighted by atomic mass is 10.2. The van der Waals surface area contributed by atoms with Gasteiger partial charge in [0.1, 0.15) is 17.4 Å². The first kappa shape index (κ1) is 15.0. The van der Waals surface area contributed by atoms with E-state index in [4.69, 9.17) is 10.6 Å². The number of anilines is 1. The van der Waals surface area contributed by atoms with Crippen LogP contribution in [0.3, 0.4) is 0 Å². The molecule has 1 aromatic carbocycles. The molecule has 2 rings (SSSR count). The summed E-state index contributed by atoms with van der Waals surface area (Å²) in [4.78, 5) is 8.72. The summed E-state index contributed by atoms with van der Waals surface area (Å²) in [6.07, 6.45) is 5.70. The smallest absolute Gasteiger partial charge is 0.224 e. The molecule has 5 nitrogen and oxygen atoms in total. The number of para-hydroxylation sites is 1. The van der Waals surface area contributed by atoms with E-state index in [1.165, 1.54) is 0 Å². The number of aromatic nitrogens is 2. The molecular weight excluding hydrogens is 264 g/mol. The molecule has 3 N–H and O–H groups in total. The van der Waals surface area contributed by atoms with E-state index in [0.29, 0.717) is 17.5 Å². The van der Waals surface area contributed by atoms with Gasteiger partial charge in [-0.2, -0.15) is 4.98 Å². The van der Waals surface area contributed by atoms with Gasteiger partial charge in [0.25, 0.3) is 0 Å². The summed E-state index contributed by atoms with van der Waals surface area (Å²) < 4.78 is 5.89. The number of nitrogens with two attached hydrogens (primary N) is 1. The van der Waals surface area contributed by atoms with Crippen molar-refractivity contribution in [3.8, 4) is 11.6 Å². The molecule has 21 heavy (non-hydrogen) atoms. The molecule has 110 valence electrons. The molecule has 0 saturated heterocycles. The molecule has 0 amide bonds. The highest BCUT2D eigenvalue weighted by Crippen LogP contribution is 2.26. The van der Waals surface area contributed by atoms with Crippen LogP contribution in [0.1, 0.15) is 31.7 Å². The van der Waals surface area contributed by atoms with Crippen molar-refractivity contribution in [2.24, 2.45) is 5.84 Å². The molecule has 0 aliphatic rings. The third-order valence-electron chi connectivity index (χ3n) is 2.85. The summed E-state index contributed by atoms with van der Waals surface area (Å²) in [5.41, 5.74) is 3.54. The van der Waals surface area contributed by atoms with Crippen LogP contribution in [0.4, 0.5) is 5.82 Å². The summed E-state index contributed by atoms with van der Waals surface area (Å²) in [5.74, 6) is 7.94. The maximum absolute atomic E-state index is 5.89. The number of nitrogen functional groups attached to an aromatic ring is 1. The maximum atomic E-state index is 5.89. The van der Waals surface area contributed by atoms with Gasteiger partial charge in [-0.3, -0.25) is 0 Å². The third kappa shape index (κ3) is 4.03. The number of hydrazine groups is 1. The normalized spacial score (nSPS) is 10.8. The molecule has 2 aromatic rings. The minimum absolute atomic E-state index is 0.485. The molecule has 1 aromatic heterocycles. The molecule has 5 heteroatoms. The van der Waals surface area contributed by atoms with E-state index in [0.717, 1.165) is 24.2 Å². The first-order chi connectivity index (χ1) is 10.3. The number of benzene rings is 1. The van der Waals surface area contributed by atoms with E-state index in [9.17, 15) is 0 Å². The third-order valence-corrected chi connectivity index (χ3v) is 2.85. The Labute approximate surface area is 124 Å². The van der Waals surface area contributed by atoms with Crippen LogP contribution in [0.15, 0.2) is 36.4 Å². The molecule has 0 aliphatic heterocycles. The van der Waals surface area contributed by atoms with Crippen LogP contribution in [0.2, 0.25) is 0 Å². The van der Waals surface area contributed by atoms with Crippen molar-refractivity contribution in [2.45, 2.75) is 26.7 Å². The van der Waals surface area contributed by atoms with Crippen molar-refractivity contribution >= 4 is 11.9 Å². The molecule has 0 atom stereocenters. The van der Waals surface area contributed by atoms with Gasteiger partial charge in [0, 0.05) is 18.1 Å². The van der Waals surface area contributed by atoms with E-state index in [1.807, 2.05) is 43.3 Å². The number of hydrogen-bond acceptors (Lipinski definition) is 5. The average Bonchev–Trinajstić information content (AvgIpc) is 2.49. The lowest BCUT2D eigenvalue weighted by molar-refractivity contribution is 0.457. The topological polar surface area (TPSA) is 73.1 Å². The molecule has 0 unspecified atom stereocenters. The van der Waals surface area contributed by atoms with Crippen LogP contribution in [0.5, 0.6) is 11.6 Å². The SMILES string of the molecule is C/C=C/c1ccccc1Oc1cc(NN)nc(CCC)n1. The zero-order chi connectivity index (χ0) is 15.1. The van der Waals surface area contributed by atoms with Crippen molar-refractivity contribution < 1.29 is 4.74 Å². The Hall–Kier alpha value is -2.40. The first-order valence-corrected chi connectivity index (χ1v) is 7.01. The molecule has 0 saturated carbocycles. The predicted molar refractivity (Wildman–Crippen MR) is 85.1 cm³/mol.